The van der Waals surface area contributed by atoms with Crippen molar-refractivity contribution in [3.8, 4) is 0 Å². The van der Waals surface area contributed by atoms with Gasteiger partial charge in [0.1, 0.15) is 0 Å². The molecule has 0 saturated heterocycles. The lowest BCUT2D eigenvalue weighted by Gasteiger charge is -2.22. The molecular weight excluding hydrogens is 274 g/mol. The second-order valence-electron chi connectivity index (χ2n) is 5.17. The van der Waals surface area contributed by atoms with Crippen LogP contribution in [0.1, 0.15) is 19.4 Å². The molecule has 4 nitrogen and oxygen atoms in total. The summed E-state index contributed by atoms with van der Waals surface area (Å²) in [6.45, 7) is 5.18. The summed E-state index contributed by atoms with van der Waals surface area (Å²) in [4.78, 5) is 14.3. The van der Waals surface area contributed by atoms with E-state index in [1.54, 1.807) is 0 Å². The number of aryl methyl sites for hydroxylation is 1. The van der Waals surface area contributed by atoms with Gasteiger partial charge >= 0.3 is 0 Å². The van der Waals surface area contributed by atoms with Gasteiger partial charge in [0.2, 0.25) is 5.91 Å². The van der Waals surface area contributed by atoms with E-state index in [-0.39, 0.29) is 5.91 Å². The molecule has 1 amide bonds. The van der Waals surface area contributed by atoms with E-state index in [9.17, 15) is 4.79 Å². The van der Waals surface area contributed by atoms with E-state index in [4.69, 9.17) is 5.73 Å². The molecule has 0 bridgehead atoms. The zero-order chi connectivity index (χ0) is 15.9. The summed E-state index contributed by atoms with van der Waals surface area (Å²) < 4.78 is 0. The lowest BCUT2D eigenvalue weighted by molar-refractivity contribution is -0.115. The van der Waals surface area contributed by atoms with Gasteiger partial charge in [-0.3, -0.25) is 4.79 Å². The standard InChI is InChI=1S/C18H23N3O/c1-3-14-10-11-15(12-17(14)19)20-18(22)13-21(4-2)16-8-6-5-7-9-16/h5-12H,3-4,13,19H2,1-2H3,(H,20,22). The number of hydrogen-bond donors (Lipinski definition) is 2. The summed E-state index contributed by atoms with van der Waals surface area (Å²) in [7, 11) is 0. The summed E-state index contributed by atoms with van der Waals surface area (Å²) in [5.41, 5.74) is 9.56. The largest absolute Gasteiger partial charge is 0.398 e. The second kappa shape index (κ2) is 7.50. The minimum Gasteiger partial charge on any atom is -0.398 e. The van der Waals surface area contributed by atoms with E-state index < -0.39 is 0 Å². The van der Waals surface area contributed by atoms with Crippen molar-refractivity contribution in [2.24, 2.45) is 0 Å². The van der Waals surface area contributed by atoms with Crippen molar-refractivity contribution in [2.45, 2.75) is 20.3 Å². The molecule has 0 aromatic heterocycles. The molecule has 0 aliphatic carbocycles. The molecule has 2 aromatic carbocycles. The molecule has 0 atom stereocenters. The Labute approximate surface area is 131 Å². The van der Waals surface area contributed by atoms with Crippen molar-refractivity contribution >= 4 is 23.0 Å². The molecule has 4 heteroatoms. The maximum atomic E-state index is 12.2. The van der Waals surface area contributed by atoms with E-state index in [0.717, 1.165) is 35.6 Å². The molecule has 0 aliphatic heterocycles. The minimum atomic E-state index is -0.0469. The van der Waals surface area contributed by atoms with Gasteiger partial charge in [-0.05, 0) is 43.2 Å². The van der Waals surface area contributed by atoms with E-state index >= 15 is 0 Å². The molecule has 2 rings (SSSR count). The van der Waals surface area contributed by atoms with E-state index in [2.05, 4.69) is 12.2 Å². The smallest absolute Gasteiger partial charge is 0.243 e. The van der Waals surface area contributed by atoms with E-state index in [1.807, 2.05) is 60.4 Å². The summed E-state index contributed by atoms with van der Waals surface area (Å²) in [6.07, 6.45) is 0.887. The molecule has 0 unspecified atom stereocenters. The van der Waals surface area contributed by atoms with Crippen LogP contribution in [0.2, 0.25) is 0 Å². The SMILES string of the molecule is CCc1ccc(NC(=O)CN(CC)c2ccccc2)cc1N. The van der Waals surface area contributed by atoms with Gasteiger partial charge in [0, 0.05) is 23.6 Å². The Kier molecular flexibility index (Phi) is 5.42. The van der Waals surface area contributed by atoms with Crippen LogP contribution in [0.5, 0.6) is 0 Å². The Balaban J connectivity index is 2.01. The van der Waals surface area contributed by atoms with Crippen LogP contribution in [-0.2, 0) is 11.2 Å². The third-order valence-corrected chi connectivity index (χ3v) is 3.65. The Morgan fingerprint density at radius 1 is 1.14 bits per heavy atom. The molecule has 0 heterocycles. The van der Waals surface area contributed by atoms with Crippen molar-refractivity contribution in [3.05, 3.63) is 54.1 Å². The predicted molar refractivity (Wildman–Crippen MR) is 93.2 cm³/mol. The van der Waals surface area contributed by atoms with Gasteiger partial charge in [-0.1, -0.05) is 31.2 Å². The van der Waals surface area contributed by atoms with Crippen LogP contribution < -0.4 is 16.0 Å². The highest BCUT2D eigenvalue weighted by Gasteiger charge is 2.10. The zero-order valence-electron chi connectivity index (χ0n) is 13.2. The van der Waals surface area contributed by atoms with Gasteiger partial charge < -0.3 is 16.0 Å². The fourth-order valence-electron chi connectivity index (χ4n) is 2.39. The molecular formula is C18H23N3O. The monoisotopic (exact) mass is 297 g/mol. The number of nitrogens with zero attached hydrogens (tertiary/aromatic N) is 1. The predicted octanol–water partition coefficient (Wildman–Crippen LogP) is 3.30. The van der Waals surface area contributed by atoms with Gasteiger partial charge in [-0.15, -0.1) is 0 Å². The number of nitrogens with two attached hydrogens (primary N) is 1. The summed E-state index contributed by atoms with van der Waals surface area (Å²) in [5, 5.41) is 2.91. The maximum absolute atomic E-state index is 12.2. The normalized spacial score (nSPS) is 10.3. The highest BCUT2D eigenvalue weighted by molar-refractivity contribution is 5.94. The van der Waals surface area contributed by atoms with Crippen molar-refractivity contribution in [1.82, 2.24) is 0 Å². The average molecular weight is 297 g/mol. The minimum absolute atomic E-state index is 0.0469. The van der Waals surface area contributed by atoms with Crippen LogP contribution in [0, 0.1) is 0 Å². The van der Waals surface area contributed by atoms with Gasteiger partial charge in [-0.2, -0.15) is 0 Å². The van der Waals surface area contributed by atoms with Crippen LogP contribution >= 0.6 is 0 Å². The van der Waals surface area contributed by atoms with Crippen molar-refractivity contribution in [2.75, 3.05) is 29.0 Å². The third kappa shape index (κ3) is 4.01. The molecule has 0 saturated carbocycles. The Morgan fingerprint density at radius 2 is 1.86 bits per heavy atom. The highest BCUT2D eigenvalue weighted by atomic mass is 16.2. The van der Waals surface area contributed by atoms with Gasteiger partial charge in [0.15, 0.2) is 0 Å². The number of para-hydroxylation sites is 1. The Hall–Kier alpha value is -2.49. The van der Waals surface area contributed by atoms with Gasteiger partial charge in [0.25, 0.3) is 0 Å². The van der Waals surface area contributed by atoms with Crippen molar-refractivity contribution in [1.29, 1.82) is 0 Å². The first-order valence-electron chi connectivity index (χ1n) is 7.62. The molecule has 116 valence electrons. The number of benzene rings is 2. The fourth-order valence-corrected chi connectivity index (χ4v) is 2.39. The molecule has 0 spiro atoms. The Bertz CT molecular complexity index is 625. The molecule has 0 radical (unpaired) electrons. The number of likely N-dealkylation sites (N-methyl/N-ethyl adjacent to an activating group) is 1. The molecule has 3 N–H and O–H groups in total. The zero-order valence-corrected chi connectivity index (χ0v) is 13.2. The van der Waals surface area contributed by atoms with E-state index in [0.29, 0.717) is 6.54 Å². The number of rotatable bonds is 6. The number of carbonyl (C=O) groups excluding carboxylic acids is 1. The molecule has 0 fully saturated rings. The number of nitrogens with one attached hydrogen (secondary N) is 1. The van der Waals surface area contributed by atoms with Crippen LogP contribution in [0.15, 0.2) is 48.5 Å². The van der Waals surface area contributed by atoms with Gasteiger partial charge in [0.05, 0.1) is 6.54 Å². The molecule has 2 aromatic rings. The quantitative estimate of drug-likeness (QED) is 0.804. The van der Waals surface area contributed by atoms with Crippen molar-refractivity contribution < 1.29 is 4.79 Å². The maximum Gasteiger partial charge on any atom is 0.243 e. The lowest BCUT2D eigenvalue weighted by atomic mass is 10.1. The number of nitrogen functional groups attached to an aromatic ring is 1. The van der Waals surface area contributed by atoms with Crippen LogP contribution in [0.3, 0.4) is 0 Å². The summed E-state index contributed by atoms with van der Waals surface area (Å²) in [6, 6.07) is 15.6. The van der Waals surface area contributed by atoms with Crippen LogP contribution in [-0.4, -0.2) is 19.0 Å². The van der Waals surface area contributed by atoms with Crippen LogP contribution in [0.4, 0.5) is 17.1 Å². The first kappa shape index (κ1) is 15.9. The number of anilines is 3. The van der Waals surface area contributed by atoms with Crippen molar-refractivity contribution in [3.63, 3.8) is 0 Å². The van der Waals surface area contributed by atoms with Gasteiger partial charge in [-0.25, -0.2) is 0 Å². The number of carbonyl (C=O) groups is 1. The molecule has 22 heavy (non-hydrogen) atoms. The topological polar surface area (TPSA) is 58.4 Å². The summed E-state index contributed by atoms with van der Waals surface area (Å²) >= 11 is 0. The van der Waals surface area contributed by atoms with E-state index in [1.165, 1.54) is 0 Å². The fraction of sp³-hybridized carbons (Fsp3) is 0.278. The van der Waals surface area contributed by atoms with Crippen LogP contribution in [0.25, 0.3) is 0 Å². The first-order valence-corrected chi connectivity index (χ1v) is 7.62. The first-order chi connectivity index (χ1) is 10.6. The molecule has 0 aliphatic rings. The number of amides is 1. The average Bonchev–Trinajstić information content (AvgIpc) is 2.53. The highest BCUT2D eigenvalue weighted by Crippen LogP contribution is 2.19. The second-order valence-corrected chi connectivity index (χ2v) is 5.17. The number of hydrogen-bond acceptors (Lipinski definition) is 3. The summed E-state index contributed by atoms with van der Waals surface area (Å²) in [5.74, 6) is -0.0469. The third-order valence-electron chi connectivity index (χ3n) is 3.65. The Morgan fingerprint density at radius 3 is 2.45 bits per heavy atom. The lowest BCUT2D eigenvalue weighted by Crippen LogP contribution is -2.33.